The highest BCUT2D eigenvalue weighted by Gasteiger charge is 2.25. The first-order chi connectivity index (χ1) is 15.1. The molecule has 0 saturated carbocycles. The summed E-state index contributed by atoms with van der Waals surface area (Å²) in [5, 5.41) is 15.6. The number of ether oxygens (including phenoxy) is 1. The number of anilines is 1. The Balaban J connectivity index is 1.42. The first-order valence-corrected chi connectivity index (χ1v) is 9.76. The van der Waals surface area contributed by atoms with E-state index in [1.807, 2.05) is 12.1 Å². The molecule has 4 aromatic rings. The van der Waals surface area contributed by atoms with Crippen LogP contribution in [0.25, 0.3) is 17.3 Å². The second-order valence-electron chi connectivity index (χ2n) is 7.12. The summed E-state index contributed by atoms with van der Waals surface area (Å²) in [7, 11) is 1.45. The number of amides is 1. The summed E-state index contributed by atoms with van der Waals surface area (Å²) >= 11 is 0. The van der Waals surface area contributed by atoms with Crippen molar-refractivity contribution in [2.45, 2.75) is 25.8 Å². The van der Waals surface area contributed by atoms with E-state index in [0.717, 1.165) is 18.7 Å². The minimum Gasteiger partial charge on any atom is -0.479 e. The number of methoxy groups -OCH3 is 1. The smallest absolute Gasteiger partial charge is 0.263 e. The standard InChI is InChI=1S/C20H19N9O2/c1-12-6-7-16-25-26-18(29(12)16)14-4-3-5-15(23-14)24-19(30)13-11-28(27-20(13)31-2)17-10-21-8-9-22-17/h3-5,8-12H,6-7H2,1-2H3,(H,23,24,30)/t12-/m0/s1. The van der Waals surface area contributed by atoms with Gasteiger partial charge in [-0.1, -0.05) is 6.07 Å². The number of aryl methyl sites for hydroxylation is 1. The highest BCUT2D eigenvalue weighted by molar-refractivity contribution is 6.05. The van der Waals surface area contributed by atoms with E-state index >= 15 is 0 Å². The molecular formula is C20H19N9O2. The number of hydrogen-bond donors (Lipinski definition) is 1. The molecule has 0 bridgehead atoms. The van der Waals surface area contributed by atoms with E-state index in [4.69, 9.17) is 4.74 Å². The molecule has 0 spiro atoms. The van der Waals surface area contributed by atoms with Crippen LogP contribution in [0.2, 0.25) is 0 Å². The van der Waals surface area contributed by atoms with Gasteiger partial charge < -0.3 is 14.6 Å². The number of nitrogens with one attached hydrogen (secondary N) is 1. The summed E-state index contributed by atoms with van der Waals surface area (Å²) in [6.45, 7) is 2.13. The number of pyridine rings is 1. The van der Waals surface area contributed by atoms with Crippen LogP contribution in [0.15, 0.2) is 43.0 Å². The second kappa shape index (κ2) is 7.59. The van der Waals surface area contributed by atoms with Gasteiger partial charge in [-0.2, -0.15) is 0 Å². The van der Waals surface area contributed by atoms with E-state index in [-0.39, 0.29) is 11.4 Å². The van der Waals surface area contributed by atoms with Crippen molar-refractivity contribution < 1.29 is 9.53 Å². The van der Waals surface area contributed by atoms with Crippen molar-refractivity contribution >= 4 is 11.7 Å². The molecular weight excluding hydrogens is 398 g/mol. The van der Waals surface area contributed by atoms with E-state index in [2.05, 4.69) is 47.1 Å². The van der Waals surface area contributed by atoms with Gasteiger partial charge in [0.05, 0.1) is 13.3 Å². The molecule has 31 heavy (non-hydrogen) atoms. The van der Waals surface area contributed by atoms with Crippen molar-refractivity contribution in [1.29, 1.82) is 0 Å². The predicted molar refractivity (Wildman–Crippen MR) is 110 cm³/mol. The van der Waals surface area contributed by atoms with Crippen LogP contribution in [0, 0.1) is 0 Å². The van der Waals surface area contributed by atoms with Gasteiger partial charge in [-0.15, -0.1) is 15.3 Å². The minimum absolute atomic E-state index is 0.170. The number of carbonyl (C=O) groups excluding carboxylic acids is 1. The Kier molecular flexibility index (Phi) is 4.62. The SMILES string of the molecule is COc1nn(-c2cnccn2)cc1C(=O)Nc1cccc(-c2nnc3n2[C@@H](C)CC3)n1. The average Bonchev–Trinajstić information content (AvgIpc) is 3.51. The van der Waals surface area contributed by atoms with E-state index < -0.39 is 5.91 Å². The molecule has 5 heterocycles. The van der Waals surface area contributed by atoms with Gasteiger partial charge in [0.15, 0.2) is 11.6 Å². The zero-order valence-corrected chi connectivity index (χ0v) is 16.9. The largest absolute Gasteiger partial charge is 0.479 e. The molecule has 0 aliphatic carbocycles. The Hall–Kier alpha value is -4.15. The summed E-state index contributed by atoms with van der Waals surface area (Å²) < 4.78 is 8.80. The van der Waals surface area contributed by atoms with Crippen LogP contribution in [0.4, 0.5) is 5.82 Å². The van der Waals surface area contributed by atoms with Gasteiger partial charge in [-0.3, -0.25) is 9.78 Å². The van der Waals surface area contributed by atoms with Gasteiger partial charge in [0, 0.05) is 31.1 Å². The molecule has 156 valence electrons. The number of fused-ring (bicyclic) bond motifs is 1. The normalized spacial score (nSPS) is 15.0. The molecule has 11 nitrogen and oxygen atoms in total. The zero-order chi connectivity index (χ0) is 21.4. The topological polar surface area (TPSA) is 126 Å². The first kappa shape index (κ1) is 18.9. The minimum atomic E-state index is -0.406. The van der Waals surface area contributed by atoms with E-state index in [1.54, 1.807) is 18.5 Å². The maximum Gasteiger partial charge on any atom is 0.263 e. The van der Waals surface area contributed by atoms with Gasteiger partial charge >= 0.3 is 0 Å². The average molecular weight is 417 g/mol. The molecule has 0 fully saturated rings. The predicted octanol–water partition coefficient (Wildman–Crippen LogP) is 2.08. The van der Waals surface area contributed by atoms with Gasteiger partial charge in [0.25, 0.3) is 5.91 Å². The van der Waals surface area contributed by atoms with Crippen molar-refractivity contribution in [1.82, 2.24) is 39.5 Å². The third-order valence-electron chi connectivity index (χ3n) is 5.12. The molecule has 1 aliphatic heterocycles. The molecule has 0 aromatic carbocycles. The zero-order valence-electron chi connectivity index (χ0n) is 16.9. The number of rotatable bonds is 5. The summed E-state index contributed by atoms with van der Waals surface area (Å²) in [5.41, 5.74) is 0.893. The summed E-state index contributed by atoms with van der Waals surface area (Å²) in [4.78, 5) is 25.7. The maximum atomic E-state index is 12.9. The van der Waals surface area contributed by atoms with Crippen molar-refractivity contribution in [2.75, 3.05) is 12.4 Å². The fourth-order valence-corrected chi connectivity index (χ4v) is 3.60. The third-order valence-corrected chi connectivity index (χ3v) is 5.12. The lowest BCUT2D eigenvalue weighted by Gasteiger charge is -2.10. The molecule has 0 saturated heterocycles. The van der Waals surface area contributed by atoms with E-state index in [9.17, 15) is 4.79 Å². The second-order valence-corrected chi connectivity index (χ2v) is 7.12. The molecule has 1 atom stereocenters. The summed E-state index contributed by atoms with van der Waals surface area (Å²) in [6.07, 6.45) is 8.11. The van der Waals surface area contributed by atoms with Crippen LogP contribution in [0.1, 0.15) is 35.6 Å². The molecule has 0 radical (unpaired) electrons. The lowest BCUT2D eigenvalue weighted by Crippen LogP contribution is -2.14. The lowest BCUT2D eigenvalue weighted by atomic mass is 10.2. The molecule has 1 aliphatic rings. The van der Waals surface area contributed by atoms with Gasteiger partial charge in [-0.25, -0.2) is 14.6 Å². The molecule has 1 N–H and O–H groups in total. The van der Waals surface area contributed by atoms with E-state index in [0.29, 0.717) is 29.2 Å². The van der Waals surface area contributed by atoms with Gasteiger partial charge in [0.1, 0.15) is 22.9 Å². The van der Waals surface area contributed by atoms with Crippen molar-refractivity contribution in [3.05, 3.63) is 54.4 Å². The van der Waals surface area contributed by atoms with Crippen molar-refractivity contribution in [3.8, 4) is 23.2 Å². The fourth-order valence-electron chi connectivity index (χ4n) is 3.60. The Morgan fingerprint density at radius 1 is 1.26 bits per heavy atom. The van der Waals surface area contributed by atoms with Crippen LogP contribution < -0.4 is 10.1 Å². The highest BCUT2D eigenvalue weighted by atomic mass is 16.5. The lowest BCUT2D eigenvalue weighted by molar-refractivity contribution is 0.102. The van der Waals surface area contributed by atoms with Crippen LogP contribution in [-0.2, 0) is 6.42 Å². The summed E-state index contributed by atoms with van der Waals surface area (Å²) in [6, 6.07) is 5.70. The van der Waals surface area contributed by atoms with Crippen molar-refractivity contribution in [3.63, 3.8) is 0 Å². The molecule has 4 aromatic heterocycles. The fraction of sp³-hybridized carbons (Fsp3) is 0.250. The maximum absolute atomic E-state index is 12.9. The molecule has 0 unspecified atom stereocenters. The quantitative estimate of drug-likeness (QED) is 0.523. The first-order valence-electron chi connectivity index (χ1n) is 9.76. The number of carbonyl (C=O) groups is 1. The molecule has 5 rings (SSSR count). The van der Waals surface area contributed by atoms with Crippen LogP contribution >= 0.6 is 0 Å². The Labute approximate surface area is 177 Å². The monoisotopic (exact) mass is 417 g/mol. The highest BCUT2D eigenvalue weighted by Crippen LogP contribution is 2.30. The van der Waals surface area contributed by atoms with Gasteiger partial charge in [-0.05, 0) is 25.5 Å². The number of nitrogens with zero attached hydrogens (tertiary/aromatic N) is 8. The van der Waals surface area contributed by atoms with E-state index in [1.165, 1.54) is 24.2 Å². The van der Waals surface area contributed by atoms with Crippen LogP contribution in [0.3, 0.4) is 0 Å². The Morgan fingerprint density at radius 3 is 2.97 bits per heavy atom. The third kappa shape index (κ3) is 3.39. The van der Waals surface area contributed by atoms with Crippen molar-refractivity contribution in [2.24, 2.45) is 0 Å². The van der Waals surface area contributed by atoms with Crippen LogP contribution in [0.5, 0.6) is 5.88 Å². The number of aromatic nitrogens is 8. The van der Waals surface area contributed by atoms with Crippen LogP contribution in [-0.4, -0.2) is 52.5 Å². The Morgan fingerprint density at radius 2 is 2.16 bits per heavy atom. The Bertz CT molecular complexity index is 1250. The molecule has 11 heteroatoms. The summed E-state index contributed by atoms with van der Waals surface area (Å²) in [5.74, 6) is 2.28. The van der Waals surface area contributed by atoms with Gasteiger partial charge in [0.2, 0.25) is 5.88 Å². The number of hydrogen-bond acceptors (Lipinski definition) is 8. The molecule has 1 amide bonds.